The lowest BCUT2D eigenvalue weighted by Crippen LogP contribution is -2.26. The summed E-state index contributed by atoms with van der Waals surface area (Å²) in [4.78, 5) is 11.0. The second kappa shape index (κ2) is 6.28. The van der Waals surface area contributed by atoms with Gasteiger partial charge in [-0.25, -0.2) is 4.79 Å². The van der Waals surface area contributed by atoms with Crippen LogP contribution < -0.4 is 4.74 Å². The Balaban J connectivity index is 2.93. The smallest absolute Gasteiger partial charge is 0.344 e. The minimum atomic E-state index is -0.911. The Hall–Kier alpha value is -1.51. The van der Waals surface area contributed by atoms with Gasteiger partial charge in [0, 0.05) is 0 Å². The van der Waals surface area contributed by atoms with Crippen LogP contribution in [0.3, 0.4) is 0 Å². The zero-order valence-electron chi connectivity index (χ0n) is 10.6. The molecule has 3 heteroatoms. The van der Waals surface area contributed by atoms with Crippen LogP contribution in [-0.2, 0) is 4.79 Å². The molecule has 1 N–H and O–H groups in total. The van der Waals surface area contributed by atoms with Gasteiger partial charge in [0.1, 0.15) is 5.75 Å². The summed E-state index contributed by atoms with van der Waals surface area (Å²) in [5.41, 5.74) is 1.08. The second-order valence-corrected chi connectivity index (χ2v) is 4.20. The number of para-hydroxylation sites is 1. The maximum atomic E-state index is 11.0. The first-order valence-electron chi connectivity index (χ1n) is 6.08. The number of carbonyl (C=O) groups is 1. The first-order chi connectivity index (χ1) is 8.10. The van der Waals surface area contributed by atoms with Gasteiger partial charge in [-0.05, 0) is 30.4 Å². The number of hydrogen-bond donors (Lipinski definition) is 1. The van der Waals surface area contributed by atoms with E-state index in [1.54, 1.807) is 0 Å². The summed E-state index contributed by atoms with van der Waals surface area (Å²) >= 11 is 0. The van der Waals surface area contributed by atoms with Gasteiger partial charge in [0.05, 0.1) is 0 Å². The molecule has 2 atom stereocenters. The number of benzene rings is 1. The van der Waals surface area contributed by atoms with Crippen molar-refractivity contribution in [1.29, 1.82) is 0 Å². The van der Waals surface area contributed by atoms with Crippen molar-refractivity contribution in [2.45, 2.75) is 45.6 Å². The standard InChI is InChI=1S/C14H20O3/c1-4-10(3)11-8-6-7-9-13(11)17-12(5-2)14(15)16/h6-10,12H,4-5H2,1-3H3,(H,15,16)/t10-,12+/m1/s1. The molecule has 0 aliphatic carbocycles. The molecule has 0 bridgehead atoms. The van der Waals surface area contributed by atoms with E-state index in [9.17, 15) is 4.79 Å². The third-order valence-electron chi connectivity index (χ3n) is 2.98. The summed E-state index contributed by atoms with van der Waals surface area (Å²) in [7, 11) is 0. The number of rotatable bonds is 6. The van der Waals surface area contributed by atoms with Crippen LogP contribution >= 0.6 is 0 Å². The fourth-order valence-electron chi connectivity index (χ4n) is 1.68. The summed E-state index contributed by atoms with van der Waals surface area (Å²) in [6, 6.07) is 7.66. The molecule has 0 spiro atoms. The molecule has 94 valence electrons. The van der Waals surface area contributed by atoms with E-state index in [1.807, 2.05) is 31.2 Å². The molecule has 1 aromatic rings. The highest BCUT2D eigenvalue weighted by molar-refractivity contribution is 5.72. The molecule has 0 aliphatic heterocycles. The highest BCUT2D eigenvalue weighted by Crippen LogP contribution is 2.29. The highest BCUT2D eigenvalue weighted by atomic mass is 16.5. The molecule has 17 heavy (non-hydrogen) atoms. The Kier molecular flexibility index (Phi) is 5.01. The van der Waals surface area contributed by atoms with Crippen LogP contribution in [0.4, 0.5) is 0 Å². The lowest BCUT2D eigenvalue weighted by molar-refractivity contribution is -0.145. The third-order valence-corrected chi connectivity index (χ3v) is 2.98. The Morgan fingerprint density at radius 2 is 1.94 bits per heavy atom. The molecule has 0 saturated carbocycles. The molecule has 0 saturated heterocycles. The summed E-state index contributed by atoms with van der Waals surface area (Å²) in [6.45, 7) is 6.03. The fraction of sp³-hybridized carbons (Fsp3) is 0.500. The molecule has 0 heterocycles. The topological polar surface area (TPSA) is 46.5 Å². The minimum absolute atomic E-state index is 0.373. The predicted molar refractivity (Wildman–Crippen MR) is 67.5 cm³/mol. The van der Waals surface area contributed by atoms with Crippen LogP contribution in [0, 0.1) is 0 Å². The quantitative estimate of drug-likeness (QED) is 0.823. The number of carboxylic acid groups (broad SMARTS) is 1. The Labute approximate surface area is 102 Å². The first-order valence-corrected chi connectivity index (χ1v) is 6.08. The maximum Gasteiger partial charge on any atom is 0.344 e. The Morgan fingerprint density at radius 3 is 2.47 bits per heavy atom. The largest absolute Gasteiger partial charge is 0.479 e. The van der Waals surface area contributed by atoms with Crippen molar-refractivity contribution in [1.82, 2.24) is 0 Å². The zero-order valence-corrected chi connectivity index (χ0v) is 10.6. The summed E-state index contributed by atoms with van der Waals surface area (Å²) in [5, 5.41) is 9.00. The van der Waals surface area contributed by atoms with Crippen molar-refractivity contribution in [3.05, 3.63) is 29.8 Å². The van der Waals surface area contributed by atoms with E-state index < -0.39 is 12.1 Å². The Bertz CT molecular complexity index is 373. The SMILES string of the molecule is CC[C@H](Oc1ccccc1[C@H](C)CC)C(=O)O. The van der Waals surface area contributed by atoms with Gasteiger partial charge in [-0.3, -0.25) is 0 Å². The molecule has 0 fully saturated rings. The van der Waals surface area contributed by atoms with Gasteiger partial charge in [-0.1, -0.05) is 39.0 Å². The monoisotopic (exact) mass is 236 g/mol. The number of aliphatic carboxylic acids is 1. The van der Waals surface area contributed by atoms with Gasteiger partial charge < -0.3 is 9.84 Å². The van der Waals surface area contributed by atoms with Crippen molar-refractivity contribution in [2.24, 2.45) is 0 Å². The van der Waals surface area contributed by atoms with E-state index in [0.717, 1.165) is 12.0 Å². The summed E-state index contributed by atoms with van der Waals surface area (Å²) in [6.07, 6.45) is 0.703. The summed E-state index contributed by atoms with van der Waals surface area (Å²) < 4.78 is 5.58. The average Bonchev–Trinajstić information content (AvgIpc) is 2.35. The average molecular weight is 236 g/mol. The lowest BCUT2D eigenvalue weighted by Gasteiger charge is -2.19. The highest BCUT2D eigenvalue weighted by Gasteiger charge is 2.19. The van der Waals surface area contributed by atoms with Gasteiger partial charge in [0.15, 0.2) is 6.10 Å². The van der Waals surface area contributed by atoms with Gasteiger partial charge in [-0.2, -0.15) is 0 Å². The van der Waals surface area contributed by atoms with E-state index in [2.05, 4.69) is 13.8 Å². The molecule has 1 aromatic carbocycles. The van der Waals surface area contributed by atoms with E-state index in [0.29, 0.717) is 18.1 Å². The first kappa shape index (κ1) is 13.6. The van der Waals surface area contributed by atoms with Crippen molar-refractivity contribution in [3.8, 4) is 5.75 Å². The van der Waals surface area contributed by atoms with E-state index in [4.69, 9.17) is 9.84 Å². The third kappa shape index (κ3) is 3.48. The van der Waals surface area contributed by atoms with Crippen LogP contribution in [0.25, 0.3) is 0 Å². The molecular formula is C14H20O3. The van der Waals surface area contributed by atoms with E-state index >= 15 is 0 Å². The van der Waals surface area contributed by atoms with Gasteiger partial charge in [0.2, 0.25) is 0 Å². The predicted octanol–water partition coefficient (Wildman–Crippen LogP) is 3.44. The molecule has 0 radical (unpaired) electrons. The molecule has 0 unspecified atom stereocenters. The van der Waals surface area contributed by atoms with Gasteiger partial charge >= 0.3 is 5.97 Å². The number of hydrogen-bond acceptors (Lipinski definition) is 2. The number of ether oxygens (including phenoxy) is 1. The van der Waals surface area contributed by atoms with Gasteiger partial charge in [-0.15, -0.1) is 0 Å². The lowest BCUT2D eigenvalue weighted by atomic mass is 9.98. The molecular weight excluding hydrogens is 216 g/mol. The molecule has 0 amide bonds. The van der Waals surface area contributed by atoms with Crippen molar-refractivity contribution < 1.29 is 14.6 Å². The second-order valence-electron chi connectivity index (χ2n) is 4.20. The molecule has 0 aromatic heterocycles. The normalized spacial score (nSPS) is 14.1. The Morgan fingerprint density at radius 1 is 1.29 bits per heavy atom. The fourth-order valence-corrected chi connectivity index (χ4v) is 1.68. The molecule has 1 rings (SSSR count). The zero-order chi connectivity index (χ0) is 12.8. The van der Waals surface area contributed by atoms with Crippen LogP contribution in [-0.4, -0.2) is 17.2 Å². The van der Waals surface area contributed by atoms with E-state index in [1.165, 1.54) is 0 Å². The molecule has 3 nitrogen and oxygen atoms in total. The molecule has 0 aliphatic rings. The maximum absolute atomic E-state index is 11.0. The number of carboxylic acids is 1. The van der Waals surface area contributed by atoms with Crippen LogP contribution in [0.1, 0.15) is 45.1 Å². The minimum Gasteiger partial charge on any atom is -0.479 e. The van der Waals surface area contributed by atoms with Crippen molar-refractivity contribution in [2.75, 3.05) is 0 Å². The van der Waals surface area contributed by atoms with Crippen LogP contribution in [0.5, 0.6) is 5.75 Å². The summed E-state index contributed by atoms with van der Waals surface area (Å²) in [5.74, 6) is 0.153. The van der Waals surface area contributed by atoms with Crippen LogP contribution in [0.2, 0.25) is 0 Å². The van der Waals surface area contributed by atoms with Gasteiger partial charge in [0.25, 0.3) is 0 Å². The van der Waals surface area contributed by atoms with E-state index in [-0.39, 0.29) is 0 Å². The van der Waals surface area contributed by atoms with Crippen LogP contribution in [0.15, 0.2) is 24.3 Å². The van der Waals surface area contributed by atoms with Crippen molar-refractivity contribution >= 4 is 5.97 Å². The van der Waals surface area contributed by atoms with Crippen molar-refractivity contribution in [3.63, 3.8) is 0 Å².